The third-order valence-corrected chi connectivity index (χ3v) is 4.20. The molecule has 2 aromatic rings. The number of aromatic carboxylic acids is 1. The summed E-state index contributed by atoms with van der Waals surface area (Å²) in [4.78, 5) is 29.4. The molecule has 0 bridgehead atoms. The number of hydrogen-bond acceptors (Lipinski definition) is 4. The predicted molar refractivity (Wildman–Crippen MR) is 87.1 cm³/mol. The Morgan fingerprint density at radius 2 is 1.96 bits per heavy atom. The summed E-state index contributed by atoms with van der Waals surface area (Å²) in [7, 11) is 0. The van der Waals surface area contributed by atoms with E-state index in [4.69, 9.17) is 4.74 Å². The van der Waals surface area contributed by atoms with Crippen LogP contribution in [-0.2, 0) is 11.3 Å². The highest BCUT2D eigenvalue weighted by atomic mass is 16.6. The van der Waals surface area contributed by atoms with Gasteiger partial charge in [-0.3, -0.25) is 4.90 Å². The summed E-state index contributed by atoms with van der Waals surface area (Å²) < 4.78 is 7.10. The zero-order chi connectivity index (χ0) is 17.3. The Morgan fingerprint density at radius 1 is 1.25 bits per heavy atom. The lowest BCUT2D eigenvalue weighted by Crippen LogP contribution is -2.45. The first-order chi connectivity index (χ1) is 11.5. The molecule has 7 nitrogen and oxygen atoms in total. The number of carbonyl (C=O) groups is 2. The molecule has 7 heteroatoms. The minimum Gasteiger partial charge on any atom is -0.476 e. The Kier molecular flexibility index (Phi) is 4.24. The number of rotatable bonds is 3. The fraction of sp³-hybridized carbons (Fsp3) is 0.353. The third kappa shape index (κ3) is 2.84. The minimum atomic E-state index is -1.16. The predicted octanol–water partition coefficient (Wildman–Crippen LogP) is 3.08. The van der Waals surface area contributed by atoms with Gasteiger partial charge in [-0.2, -0.15) is 0 Å². The molecule has 3 rings (SSSR count). The molecule has 1 amide bonds. The fourth-order valence-corrected chi connectivity index (χ4v) is 3.04. The normalized spacial score (nSPS) is 19.7. The smallest absolute Gasteiger partial charge is 0.416 e. The van der Waals surface area contributed by atoms with E-state index >= 15 is 0 Å². The van der Waals surface area contributed by atoms with Crippen molar-refractivity contribution in [3.05, 3.63) is 47.9 Å². The van der Waals surface area contributed by atoms with Gasteiger partial charge >= 0.3 is 12.1 Å². The molecule has 0 fully saturated rings. The van der Waals surface area contributed by atoms with Crippen LogP contribution in [0, 0.1) is 0 Å². The van der Waals surface area contributed by atoms with Crippen LogP contribution in [0.1, 0.15) is 42.4 Å². The molecule has 1 aliphatic rings. The number of nitrogens with zero attached hydrogens (tertiary/aromatic N) is 3. The molecule has 2 atom stereocenters. The number of carbonyl (C=O) groups excluding carboxylic acids is 1. The van der Waals surface area contributed by atoms with Crippen LogP contribution in [0.5, 0.6) is 0 Å². The van der Waals surface area contributed by atoms with Gasteiger partial charge in [-0.25, -0.2) is 14.6 Å². The number of imidazole rings is 1. The number of anilines is 1. The second-order valence-electron chi connectivity index (χ2n) is 5.97. The van der Waals surface area contributed by atoms with Crippen molar-refractivity contribution in [1.82, 2.24) is 9.55 Å². The highest BCUT2D eigenvalue weighted by Gasteiger charge is 2.37. The van der Waals surface area contributed by atoms with Crippen LogP contribution in [0.3, 0.4) is 0 Å². The van der Waals surface area contributed by atoms with E-state index in [2.05, 4.69) is 4.98 Å². The van der Waals surface area contributed by atoms with Crippen molar-refractivity contribution in [2.24, 2.45) is 0 Å². The van der Waals surface area contributed by atoms with Gasteiger partial charge in [-0.05, 0) is 25.8 Å². The van der Waals surface area contributed by atoms with Gasteiger partial charge in [0.15, 0.2) is 11.5 Å². The van der Waals surface area contributed by atoms with Crippen molar-refractivity contribution in [3.63, 3.8) is 0 Å². The molecule has 0 saturated carbocycles. The van der Waals surface area contributed by atoms with E-state index in [1.807, 2.05) is 44.2 Å². The van der Waals surface area contributed by atoms with Crippen molar-refractivity contribution in [2.45, 2.75) is 39.0 Å². The van der Waals surface area contributed by atoms with Crippen LogP contribution >= 0.6 is 0 Å². The quantitative estimate of drug-likeness (QED) is 0.935. The van der Waals surface area contributed by atoms with Gasteiger partial charge < -0.3 is 14.4 Å². The van der Waals surface area contributed by atoms with E-state index in [0.29, 0.717) is 6.42 Å². The van der Waals surface area contributed by atoms with Crippen molar-refractivity contribution in [2.75, 3.05) is 4.90 Å². The summed E-state index contributed by atoms with van der Waals surface area (Å²) in [5.41, 5.74) is 0.737. The number of carboxylic acid groups (broad SMARTS) is 1. The number of amides is 1. The molecule has 126 valence electrons. The maximum absolute atomic E-state index is 12.6. The number of carboxylic acids is 1. The molecule has 0 saturated heterocycles. The molecule has 0 aliphatic carbocycles. The topological polar surface area (TPSA) is 84.7 Å². The number of fused-ring (bicyclic) bond motifs is 1. The number of ether oxygens (including phenoxy) is 1. The van der Waals surface area contributed by atoms with Gasteiger partial charge in [0.2, 0.25) is 0 Å². The lowest BCUT2D eigenvalue weighted by Gasteiger charge is -2.36. The first-order valence-electron chi connectivity index (χ1n) is 7.79. The van der Waals surface area contributed by atoms with Gasteiger partial charge in [0, 0.05) is 12.1 Å². The Morgan fingerprint density at radius 3 is 2.62 bits per heavy atom. The Labute approximate surface area is 139 Å². The summed E-state index contributed by atoms with van der Waals surface area (Å²) in [6, 6.07) is 9.23. The van der Waals surface area contributed by atoms with Crippen LogP contribution in [0.25, 0.3) is 0 Å². The minimum absolute atomic E-state index is 0.0637. The molecule has 1 aromatic heterocycles. The summed E-state index contributed by atoms with van der Waals surface area (Å²) >= 11 is 0. The molecular formula is C17H19N3O4. The van der Waals surface area contributed by atoms with E-state index in [1.54, 1.807) is 4.57 Å². The van der Waals surface area contributed by atoms with Crippen molar-refractivity contribution in [3.8, 4) is 0 Å². The zero-order valence-corrected chi connectivity index (χ0v) is 13.5. The number of hydrogen-bond donors (Lipinski definition) is 1. The molecular weight excluding hydrogens is 310 g/mol. The van der Waals surface area contributed by atoms with E-state index < -0.39 is 12.1 Å². The van der Waals surface area contributed by atoms with E-state index in [-0.39, 0.29) is 30.2 Å². The zero-order valence-electron chi connectivity index (χ0n) is 13.5. The summed E-state index contributed by atoms with van der Waals surface area (Å²) in [5.74, 6) is -0.877. The molecule has 0 spiro atoms. The van der Waals surface area contributed by atoms with Crippen LogP contribution in [0.15, 0.2) is 36.7 Å². The largest absolute Gasteiger partial charge is 0.476 e. The monoisotopic (exact) mass is 329 g/mol. The van der Waals surface area contributed by atoms with Crippen molar-refractivity contribution >= 4 is 17.9 Å². The Balaban J connectivity index is 1.87. The second-order valence-corrected chi connectivity index (χ2v) is 5.97. The second kappa shape index (κ2) is 6.35. The highest BCUT2D eigenvalue weighted by molar-refractivity contribution is 5.98. The SMILES string of the molecule is C[C@@H]1C[C@H](C)n2cnc(C(=O)O)c2N1C(=O)OCc1ccccc1. The van der Waals surface area contributed by atoms with Crippen LogP contribution < -0.4 is 4.90 Å². The molecule has 2 heterocycles. The highest BCUT2D eigenvalue weighted by Crippen LogP contribution is 2.35. The number of benzene rings is 1. The molecule has 0 radical (unpaired) electrons. The Bertz CT molecular complexity index is 756. The van der Waals surface area contributed by atoms with E-state index in [9.17, 15) is 14.7 Å². The van der Waals surface area contributed by atoms with Crippen LogP contribution in [-0.4, -0.2) is 32.8 Å². The van der Waals surface area contributed by atoms with Gasteiger partial charge in [0.1, 0.15) is 6.61 Å². The van der Waals surface area contributed by atoms with Crippen LogP contribution in [0.2, 0.25) is 0 Å². The lowest BCUT2D eigenvalue weighted by molar-refractivity contribution is 0.0691. The average Bonchev–Trinajstić information content (AvgIpc) is 2.99. The van der Waals surface area contributed by atoms with Crippen molar-refractivity contribution in [1.29, 1.82) is 0 Å². The van der Waals surface area contributed by atoms with Gasteiger partial charge in [0.25, 0.3) is 0 Å². The molecule has 24 heavy (non-hydrogen) atoms. The number of aromatic nitrogens is 2. The first-order valence-corrected chi connectivity index (χ1v) is 7.79. The third-order valence-electron chi connectivity index (χ3n) is 4.20. The summed E-state index contributed by atoms with van der Waals surface area (Å²) in [6.45, 7) is 3.98. The van der Waals surface area contributed by atoms with Crippen LogP contribution in [0.4, 0.5) is 10.6 Å². The maximum atomic E-state index is 12.6. The van der Waals surface area contributed by atoms with Crippen molar-refractivity contribution < 1.29 is 19.4 Å². The Hall–Kier alpha value is -2.83. The standard InChI is InChI=1S/C17H19N3O4/c1-11-8-12(2)20(15-14(16(21)22)18-10-19(11)15)17(23)24-9-13-6-4-3-5-7-13/h3-7,10-12H,8-9H2,1-2H3,(H,21,22)/t11-,12+/m0/s1. The lowest BCUT2D eigenvalue weighted by atomic mass is 10.1. The maximum Gasteiger partial charge on any atom is 0.416 e. The molecule has 0 unspecified atom stereocenters. The first kappa shape index (κ1) is 16.0. The fourth-order valence-electron chi connectivity index (χ4n) is 3.04. The molecule has 1 aromatic carbocycles. The molecule has 1 aliphatic heterocycles. The van der Waals surface area contributed by atoms with Gasteiger partial charge in [0.05, 0.1) is 6.33 Å². The van der Waals surface area contributed by atoms with Gasteiger partial charge in [-0.15, -0.1) is 0 Å². The van der Waals surface area contributed by atoms with Gasteiger partial charge in [-0.1, -0.05) is 30.3 Å². The molecule has 1 N–H and O–H groups in total. The van der Waals surface area contributed by atoms with E-state index in [0.717, 1.165) is 5.56 Å². The van der Waals surface area contributed by atoms with E-state index in [1.165, 1.54) is 11.2 Å². The summed E-state index contributed by atoms with van der Waals surface area (Å²) in [5, 5.41) is 9.36. The average molecular weight is 329 g/mol. The summed E-state index contributed by atoms with van der Waals surface area (Å²) in [6.07, 6.45) is 1.60.